The van der Waals surface area contributed by atoms with Gasteiger partial charge in [0, 0.05) is 6.54 Å². The Morgan fingerprint density at radius 2 is 2.31 bits per heavy atom. The smallest absolute Gasteiger partial charge is 0.255 e. The van der Waals surface area contributed by atoms with E-state index in [4.69, 9.17) is 21.3 Å². The number of carbonyl (C=O) groups excluding carboxylic acids is 1. The van der Waals surface area contributed by atoms with E-state index in [1.54, 1.807) is 0 Å². The second-order valence-corrected chi connectivity index (χ2v) is 3.67. The highest BCUT2D eigenvalue weighted by atomic mass is 32.1. The molecule has 0 saturated carbocycles. The van der Waals surface area contributed by atoms with Crippen molar-refractivity contribution in [3.8, 4) is 0 Å². The highest BCUT2D eigenvalue weighted by Gasteiger charge is 2.15. The minimum absolute atomic E-state index is 0.0138. The molecule has 8 heteroatoms. The van der Waals surface area contributed by atoms with E-state index in [0.29, 0.717) is 18.2 Å². The third-order valence-corrected chi connectivity index (χ3v) is 2.55. The number of hydrogen-bond acceptors (Lipinski definition) is 7. The third-order valence-electron chi connectivity index (χ3n) is 1.73. The molecule has 0 bridgehead atoms. The van der Waals surface area contributed by atoms with Crippen molar-refractivity contribution in [2.75, 3.05) is 37.4 Å². The van der Waals surface area contributed by atoms with Crippen LogP contribution in [0, 0.1) is 0 Å². The molecular formula is C8H14N4O3S. The van der Waals surface area contributed by atoms with Crippen LogP contribution >= 0.6 is 11.5 Å². The molecule has 0 fully saturated rings. The monoisotopic (exact) mass is 246 g/mol. The molecule has 16 heavy (non-hydrogen) atoms. The first-order valence-electron chi connectivity index (χ1n) is 4.64. The van der Waals surface area contributed by atoms with Gasteiger partial charge in [0.1, 0.15) is 10.6 Å². The number of hydrogen-bond donors (Lipinski definition) is 4. The minimum Gasteiger partial charge on any atom is -0.394 e. The Kier molecular flexibility index (Phi) is 4.96. The summed E-state index contributed by atoms with van der Waals surface area (Å²) in [6.07, 6.45) is 0. The number of nitrogens with zero attached hydrogens (tertiary/aromatic N) is 1. The van der Waals surface area contributed by atoms with E-state index in [1.807, 2.05) is 0 Å². The van der Waals surface area contributed by atoms with Gasteiger partial charge >= 0.3 is 0 Å². The first-order valence-corrected chi connectivity index (χ1v) is 5.41. The summed E-state index contributed by atoms with van der Waals surface area (Å²) in [5.74, 6) is -0.471. The zero-order valence-electron chi connectivity index (χ0n) is 8.60. The van der Waals surface area contributed by atoms with Crippen LogP contribution in [0.15, 0.2) is 0 Å². The Morgan fingerprint density at radius 1 is 1.56 bits per heavy atom. The fourth-order valence-electron chi connectivity index (χ4n) is 1.06. The molecule has 0 atom stereocenters. The molecule has 0 aromatic carbocycles. The van der Waals surface area contributed by atoms with E-state index < -0.39 is 5.91 Å². The molecule has 0 aliphatic heterocycles. The summed E-state index contributed by atoms with van der Waals surface area (Å²) in [6, 6.07) is 0. The van der Waals surface area contributed by atoms with Crippen LogP contribution in [0.2, 0.25) is 0 Å². The fourth-order valence-corrected chi connectivity index (χ4v) is 1.81. The number of amides is 1. The van der Waals surface area contributed by atoms with Crippen molar-refractivity contribution in [1.29, 1.82) is 0 Å². The molecule has 0 radical (unpaired) electrons. The molecule has 7 nitrogen and oxygen atoms in total. The summed E-state index contributed by atoms with van der Waals surface area (Å²) in [5.41, 5.74) is 10.9. The molecule has 6 N–H and O–H groups in total. The zero-order valence-corrected chi connectivity index (χ0v) is 9.42. The predicted molar refractivity (Wildman–Crippen MR) is 61.4 cm³/mol. The molecule has 0 aliphatic carbocycles. The molecule has 0 aliphatic rings. The van der Waals surface area contributed by atoms with Crippen molar-refractivity contribution in [2.24, 2.45) is 5.73 Å². The maximum absolute atomic E-state index is 11.0. The Labute approximate surface area is 96.6 Å². The van der Waals surface area contributed by atoms with Crippen molar-refractivity contribution in [3.63, 3.8) is 0 Å². The van der Waals surface area contributed by atoms with E-state index >= 15 is 0 Å². The SMILES string of the molecule is NC(=O)c1c(N)nsc1NCCOCCO. The molecule has 1 aromatic heterocycles. The number of nitrogens with two attached hydrogens (primary N) is 2. The van der Waals surface area contributed by atoms with Crippen LogP contribution in [0.3, 0.4) is 0 Å². The lowest BCUT2D eigenvalue weighted by atomic mass is 10.3. The van der Waals surface area contributed by atoms with Gasteiger partial charge in [-0.3, -0.25) is 4.79 Å². The maximum atomic E-state index is 11.0. The summed E-state index contributed by atoms with van der Waals surface area (Å²) in [6.45, 7) is 1.17. The molecular weight excluding hydrogens is 232 g/mol. The van der Waals surface area contributed by atoms with Gasteiger partial charge < -0.3 is 26.6 Å². The number of rotatable bonds is 7. The van der Waals surface area contributed by atoms with E-state index in [0.717, 1.165) is 11.5 Å². The van der Waals surface area contributed by atoms with Gasteiger partial charge in [-0.2, -0.15) is 4.37 Å². The van der Waals surface area contributed by atoms with Crippen LogP contribution in [0.4, 0.5) is 10.8 Å². The zero-order chi connectivity index (χ0) is 12.0. The lowest BCUT2D eigenvalue weighted by Gasteiger charge is -2.05. The van der Waals surface area contributed by atoms with Crippen molar-refractivity contribution in [3.05, 3.63) is 5.56 Å². The van der Waals surface area contributed by atoms with Crippen LogP contribution in [0.25, 0.3) is 0 Å². The average molecular weight is 246 g/mol. The Bertz CT molecular complexity index is 355. The molecule has 0 unspecified atom stereocenters. The van der Waals surface area contributed by atoms with Crippen LogP contribution < -0.4 is 16.8 Å². The van der Waals surface area contributed by atoms with Crippen LogP contribution in [0.5, 0.6) is 0 Å². The molecule has 1 amide bonds. The second-order valence-electron chi connectivity index (χ2n) is 2.90. The number of aliphatic hydroxyl groups excluding tert-OH is 1. The largest absolute Gasteiger partial charge is 0.394 e. The lowest BCUT2D eigenvalue weighted by molar-refractivity contribution is 0.0989. The summed E-state index contributed by atoms with van der Waals surface area (Å²) in [5, 5.41) is 12.0. The van der Waals surface area contributed by atoms with Gasteiger partial charge in [-0.1, -0.05) is 0 Å². The number of aromatic nitrogens is 1. The van der Waals surface area contributed by atoms with Crippen LogP contribution in [-0.4, -0.2) is 41.8 Å². The van der Waals surface area contributed by atoms with Gasteiger partial charge in [0.2, 0.25) is 0 Å². The van der Waals surface area contributed by atoms with E-state index in [9.17, 15) is 4.79 Å². The number of carbonyl (C=O) groups is 1. The standard InChI is InChI=1S/C8H14N4O3S/c9-6-5(7(10)14)8(16-12-6)11-1-3-15-4-2-13/h11,13H,1-4H2,(H2,9,12)(H2,10,14). The second kappa shape index (κ2) is 6.26. The Balaban J connectivity index is 2.45. The van der Waals surface area contributed by atoms with E-state index in [-0.39, 0.29) is 24.6 Å². The van der Waals surface area contributed by atoms with Crippen LogP contribution in [0.1, 0.15) is 10.4 Å². The van der Waals surface area contributed by atoms with Gasteiger partial charge in [0.25, 0.3) is 5.91 Å². The number of aliphatic hydroxyl groups is 1. The van der Waals surface area contributed by atoms with E-state index in [2.05, 4.69) is 9.69 Å². The quantitative estimate of drug-likeness (QED) is 0.469. The first kappa shape index (κ1) is 12.7. The van der Waals surface area contributed by atoms with Gasteiger partial charge in [0.05, 0.1) is 19.8 Å². The summed E-state index contributed by atoms with van der Waals surface area (Å²) in [7, 11) is 0. The van der Waals surface area contributed by atoms with Crippen molar-refractivity contribution in [1.82, 2.24) is 4.37 Å². The van der Waals surface area contributed by atoms with Crippen molar-refractivity contribution >= 4 is 28.3 Å². The highest BCUT2D eigenvalue weighted by molar-refractivity contribution is 7.11. The van der Waals surface area contributed by atoms with Gasteiger partial charge in [-0.05, 0) is 11.5 Å². The number of nitrogens with one attached hydrogen (secondary N) is 1. The van der Waals surface area contributed by atoms with Gasteiger partial charge in [-0.15, -0.1) is 0 Å². The molecule has 1 aromatic rings. The summed E-state index contributed by atoms with van der Waals surface area (Å²) < 4.78 is 8.86. The van der Waals surface area contributed by atoms with E-state index in [1.165, 1.54) is 0 Å². The predicted octanol–water partition coefficient (Wildman–Crippen LogP) is -0.755. The number of ether oxygens (including phenoxy) is 1. The Morgan fingerprint density at radius 3 is 2.94 bits per heavy atom. The minimum atomic E-state index is -0.606. The first-order chi connectivity index (χ1) is 7.66. The number of anilines is 2. The van der Waals surface area contributed by atoms with Gasteiger partial charge in [-0.25, -0.2) is 0 Å². The molecule has 90 valence electrons. The molecule has 0 saturated heterocycles. The van der Waals surface area contributed by atoms with Crippen molar-refractivity contribution < 1.29 is 14.6 Å². The molecule has 1 heterocycles. The van der Waals surface area contributed by atoms with Gasteiger partial charge in [0.15, 0.2) is 5.82 Å². The molecule has 0 spiro atoms. The number of primary amides is 1. The fraction of sp³-hybridized carbons (Fsp3) is 0.500. The van der Waals surface area contributed by atoms with Crippen LogP contribution in [-0.2, 0) is 4.74 Å². The van der Waals surface area contributed by atoms with Crippen molar-refractivity contribution in [2.45, 2.75) is 0 Å². The molecule has 1 rings (SSSR count). The highest BCUT2D eigenvalue weighted by Crippen LogP contribution is 2.25. The number of nitrogen functional groups attached to an aromatic ring is 1. The summed E-state index contributed by atoms with van der Waals surface area (Å²) in [4.78, 5) is 11.0. The topological polar surface area (TPSA) is 123 Å². The maximum Gasteiger partial charge on any atom is 0.255 e. The Hall–Kier alpha value is -1.38. The third kappa shape index (κ3) is 3.33. The normalized spacial score (nSPS) is 10.3. The lowest BCUT2D eigenvalue weighted by Crippen LogP contribution is -2.16. The summed E-state index contributed by atoms with van der Waals surface area (Å²) >= 11 is 1.08. The average Bonchev–Trinajstić information content (AvgIpc) is 2.59.